The van der Waals surface area contributed by atoms with Crippen LogP contribution in [-0.4, -0.2) is 37.6 Å². The van der Waals surface area contributed by atoms with E-state index in [0.29, 0.717) is 16.7 Å². The van der Waals surface area contributed by atoms with E-state index >= 15 is 0 Å². The summed E-state index contributed by atoms with van der Waals surface area (Å²) < 4.78 is 7.18. The molecule has 3 rings (SSSR count). The number of hydrogen-bond donors (Lipinski definition) is 2. The zero-order chi connectivity index (χ0) is 19.4. The van der Waals surface area contributed by atoms with Gasteiger partial charge in [-0.2, -0.15) is 9.78 Å². The monoisotopic (exact) mass is 424 g/mol. The molecule has 10 heteroatoms. The van der Waals surface area contributed by atoms with E-state index in [1.165, 1.54) is 28.7 Å². The molecule has 0 spiro atoms. The lowest BCUT2D eigenvalue weighted by atomic mass is 10.2. The number of aromatic hydroxyl groups is 2. The van der Waals surface area contributed by atoms with Crippen LogP contribution < -0.4 is 4.74 Å². The number of rotatable bonds is 6. The van der Waals surface area contributed by atoms with Gasteiger partial charge in [0.05, 0.1) is 11.2 Å². The van der Waals surface area contributed by atoms with Crippen molar-refractivity contribution in [2.75, 3.05) is 6.26 Å². The van der Waals surface area contributed by atoms with Crippen molar-refractivity contribution < 1.29 is 14.9 Å². The Morgan fingerprint density at radius 2 is 1.93 bits per heavy atom. The number of hydrogen-bond acceptors (Lipinski definition) is 7. The molecule has 7 nitrogen and oxygen atoms in total. The van der Waals surface area contributed by atoms with Crippen molar-refractivity contribution >= 4 is 41.2 Å². The molecule has 27 heavy (non-hydrogen) atoms. The van der Waals surface area contributed by atoms with Gasteiger partial charge in [0.15, 0.2) is 11.6 Å². The Morgan fingerprint density at radius 1 is 1.19 bits per heavy atom. The molecular weight excluding hydrogens is 411 g/mol. The van der Waals surface area contributed by atoms with Crippen LogP contribution in [0, 0.1) is 0 Å². The van der Waals surface area contributed by atoms with Crippen molar-refractivity contribution in [3.63, 3.8) is 0 Å². The van der Waals surface area contributed by atoms with Crippen molar-refractivity contribution in [2.45, 2.75) is 11.8 Å². The lowest BCUT2D eigenvalue weighted by Gasteiger charge is -2.07. The largest absolute Gasteiger partial charge is 0.506 e. The topological polar surface area (TPSA) is 92.8 Å². The predicted molar refractivity (Wildman–Crippen MR) is 105 cm³/mol. The van der Waals surface area contributed by atoms with Gasteiger partial charge in [0.1, 0.15) is 23.1 Å². The molecule has 0 aliphatic carbocycles. The minimum Gasteiger partial charge on any atom is -0.506 e. The Labute approximate surface area is 169 Å². The second kappa shape index (κ2) is 8.51. The summed E-state index contributed by atoms with van der Waals surface area (Å²) >= 11 is 13.1. The van der Waals surface area contributed by atoms with Crippen molar-refractivity contribution in [2.24, 2.45) is 5.10 Å². The van der Waals surface area contributed by atoms with E-state index in [2.05, 4.69) is 15.3 Å². The second-order valence-electron chi connectivity index (χ2n) is 5.22. The van der Waals surface area contributed by atoms with E-state index in [1.807, 2.05) is 36.6 Å². The molecule has 0 bridgehead atoms. The molecule has 0 fully saturated rings. The fraction of sp³-hybridized carbons (Fsp3) is 0.118. The van der Waals surface area contributed by atoms with Gasteiger partial charge in [-0.05, 0) is 24.5 Å². The Hall–Kier alpha value is -2.42. The first-order valence-electron chi connectivity index (χ1n) is 7.61. The van der Waals surface area contributed by atoms with E-state index in [4.69, 9.17) is 27.9 Å². The Kier molecular flexibility index (Phi) is 6.10. The normalized spacial score (nSPS) is 11.2. The quantitative estimate of drug-likeness (QED) is 0.455. The summed E-state index contributed by atoms with van der Waals surface area (Å²) in [6.45, 7) is 0.151. The Bertz CT molecular complexity index is 980. The molecule has 140 valence electrons. The van der Waals surface area contributed by atoms with Crippen LogP contribution in [0.25, 0.3) is 0 Å². The average Bonchev–Trinajstić information content (AvgIpc) is 3.09. The van der Waals surface area contributed by atoms with E-state index in [0.717, 1.165) is 0 Å². The number of ether oxygens (including phenoxy) is 1. The van der Waals surface area contributed by atoms with Crippen LogP contribution in [0.4, 0.5) is 0 Å². The van der Waals surface area contributed by atoms with Crippen molar-refractivity contribution in [3.05, 3.63) is 57.8 Å². The molecule has 0 aliphatic rings. The summed E-state index contributed by atoms with van der Waals surface area (Å²) in [6, 6.07) is 10.6. The number of para-hydroxylation sites is 1. The van der Waals surface area contributed by atoms with E-state index in [1.54, 1.807) is 0 Å². The molecule has 0 unspecified atom stereocenters. The van der Waals surface area contributed by atoms with Crippen LogP contribution >= 0.6 is 35.0 Å². The highest BCUT2D eigenvalue weighted by Gasteiger charge is 2.15. The maximum absolute atomic E-state index is 10.1. The average molecular weight is 425 g/mol. The second-order valence-corrected chi connectivity index (χ2v) is 6.78. The molecule has 1 aromatic heterocycles. The van der Waals surface area contributed by atoms with Crippen LogP contribution in [0.15, 0.2) is 46.7 Å². The van der Waals surface area contributed by atoms with E-state index in [9.17, 15) is 10.2 Å². The van der Waals surface area contributed by atoms with Gasteiger partial charge in [0.25, 0.3) is 0 Å². The van der Waals surface area contributed by atoms with E-state index < -0.39 is 0 Å². The summed E-state index contributed by atoms with van der Waals surface area (Å²) in [5, 5.41) is 32.5. The SMILES string of the molecule is CSc1nnc(COc2ccccc2)n1/N=C\c1cc(Cl)c(O)c(Cl)c1O. The molecular formula is C17H14Cl2N4O3S. The summed E-state index contributed by atoms with van der Waals surface area (Å²) in [6.07, 6.45) is 3.19. The molecule has 0 aliphatic heterocycles. The smallest absolute Gasteiger partial charge is 0.211 e. The van der Waals surface area contributed by atoms with E-state index in [-0.39, 0.29) is 33.7 Å². The first-order chi connectivity index (χ1) is 13.0. The Morgan fingerprint density at radius 3 is 2.63 bits per heavy atom. The fourth-order valence-electron chi connectivity index (χ4n) is 2.13. The summed E-state index contributed by atoms with van der Waals surface area (Å²) in [7, 11) is 0. The highest BCUT2D eigenvalue weighted by atomic mass is 35.5. The molecule has 2 aromatic carbocycles. The van der Waals surface area contributed by atoms with Gasteiger partial charge in [0, 0.05) is 5.56 Å². The van der Waals surface area contributed by atoms with Crippen LogP contribution in [0.3, 0.4) is 0 Å². The molecule has 0 saturated carbocycles. The van der Waals surface area contributed by atoms with Gasteiger partial charge in [-0.15, -0.1) is 10.2 Å². The van der Waals surface area contributed by atoms with Gasteiger partial charge in [0.2, 0.25) is 5.16 Å². The third-order valence-electron chi connectivity index (χ3n) is 3.48. The van der Waals surface area contributed by atoms with Crippen LogP contribution in [0.5, 0.6) is 17.2 Å². The summed E-state index contributed by atoms with van der Waals surface area (Å²) in [4.78, 5) is 0. The maximum Gasteiger partial charge on any atom is 0.211 e. The zero-order valence-electron chi connectivity index (χ0n) is 14.0. The standard InChI is InChI=1S/C17H14Cl2N4O3S/c1-27-17-22-21-13(9-26-11-5-3-2-4-6-11)23(17)20-8-10-7-12(18)16(25)14(19)15(10)24/h2-8,24-25H,9H2,1H3/b20-8-. The van der Waals surface area contributed by atoms with Gasteiger partial charge in [-0.25, -0.2) is 0 Å². The van der Waals surface area contributed by atoms with Gasteiger partial charge >= 0.3 is 0 Å². The number of benzene rings is 2. The lowest BCUT2D eigenvalue weighted by Crippen LogP contribution is -2.05. The Balaban J connectivity index is 1.88. The minimum absolute atomic E-state index is 0.000676. The molecule has 0 amide bonds. The molecule has 3 aromatic rings. The number of halogens is 2. The maximum atomic E-state index is 10.1. The van der Waals surface area contributed by atoms with Gasteiger partial charge < -0.3 is 14.9 Å². The number of nitrogens with zero attached hydrogens (tertiary/aromatic N) is 4. The number of phenolic OH excluding ortho intramolecular Hbond substituents is 2. The number of aromatic nitrogens is 3. The summed E-state index contributed by atoms with van der Waals surface area (Å²) in [5.74, 6) is 0.439. The van der Waals surface area contributed by atoms with Gasteiger partial charge in [-0.3, -0.25) is 0 Å². The first kappa shape index (κ1) is 19.3. The third-order valence-corrected chi connectivity index (χ3v) is 4.75. The molecule has 0 saturated heterocycles. The lowest BCUT2D eigenvalue weighted by molar-refractivity contribution is 0.290. The highest BCUT2D eigenvalue weighted by molar-refractivity contribution is 7.98. The fourth-order valence-corrected chi connectivity index (χ4v) is 3.05. The summed E-state index contributed by atoms with van der Waals surface area (Å²) in [5.41, 5.74) is 0.235. The van der Waals surface area contributed by atoms with Crippen LogP contribution in [0.1, 0.15) is 11.4 Å². The van der Waals surface area contributed by atoms with Crippen molar-refractivity contribution in [3.8, 4) is 17.2 Å². The van der Waals surface area contributed by atoms with Crippen molar-refractivity contribution in [1.29, 1.82) is 0 Å². The number of thioether (sulfide) groups is 1. The van der Waals surface area contributed by atoms with Crippen LogP contribution in [-0.2, 0) is 6.61 Å². The first-order valence-corrected chi connectivity index (χ1v) is 9.59. The third kappa shape index (κ3) is 4.29. The molecule has 2 N–H and O–H groups in total. The molecule has 0 atom stereocenters. The predicted octanol–water partition coefficient (Wildman–Crippen LogP) is 4.18. The molecule has 1 heterocycles. The minimum atomic E-state index is -0.390. The highest BCUT2D eigenvalue weighted by Crippen LogP contribution is 2.40. The van der Waals surface area contributed by atoms with Crippen molar-refractivity contribution in [1.82, 2.24) is 14.9 Å². The molecule has 0 radical (unpaired) electrons. The number of phenols is 2. The van der Waals surface area contributed by atoms with Gasteiger partial charge in [-0.1, -0.05) is 53.2 Å². The van der Waals surface area contributed by atoms with Crippen LogP contribution in [0.2, 0.25) is 10.0 Å². The zero-order valence-corrected chi connectivity index (χ0v) is 16.3.